The molecule has 0 aliphatic carbocycles. The molecule has 5 nitrogen and oxygen atoms in total. The summed E-state index contributed by atoms with van der Waals surface area (Å²) in [4.78, 5) is 13.8. The third-order valence-electron chi connectivity index (χ3n) is 3.26. The Bertz CT molecular complexity index is 432. The van der Waals surface area contributed by atoms with Gasteiger partial charge in [0, 0.05) is 12.3 Å². The number of methoxy groups -OCH3 is 1. The molecule has 0 aromatic heterocycles. The van der Waals surface area contributed by atoms with Gasteiger partial charge < -0.3 is 19.1 Å². The fourth-order valence-electron chi connectivity index (χ4n) is 2.22. The Morgan fingerprint density at radius 1 is 1.25 bits per heavy atom. The Morgan fingerprint density at radius 2 is 2.00 bits per heavy atom. The number of hydrogen-bond acceptors (Lipinski definition) is 4. The van der Waals surface area contributed by atoms with Crippen molar-refractivity contribution in [1.29, 1.82) is 0 Å². The lowest BCUT2D eigenvalue weighted by molar-refractivity contribution is -0.118. The first-order valence-corrected chi connectivity index (χ1v) is 6.88. The summed E-state index contributed by atoms with van der Waals surface area (Å²) < 4.78 is 16.0. The number of amides is 1. The van der Waals surface area contributed by atoms with Crippen LogP contribution in [0.3, 0.4) is 0 Å². The van der Waals surface area contributed by atoms with E-state index in [1.807, 2.05) is 31.2 Å². The predicted molar refractivity (Wildman–Crippen MR) is 76.2 cm³/mol. The van der Waals surface area contributed by atoms with Gasteiger partial charge in [-0.25, -0.2) is 0 Å². The van der Waals surface area contributed by atoms with E-state index in [9.17, 15) is 4.79 Å². The quantitative estimate of drug-likeness (QED) is 0.715. The monoisotopic (exact) mass is 279 g/mol. The third kappa shape index (κ3) is 3.71. The number of rotatable bonds is 7. The van der Waals surface area contributed by atoms with Gasteiger partial charge in [0.25, 0.3) is 0 Å². The second kappa shape index (κ2) is 7.26. The minimum absolute atomic E-state index is 0.0509. The van der Waals surface area contributed by atoms with Crippen LogP contribution in [0.25, 0.3) is 0 Å². The molecule has 0 N–H and O–H groups in total. The van der Waals surface area contributed by atoms with Crippen LogP contribution >= 0.6 is 0 Å². The number of ether oxygens (including phenoxy) is 3. The minimum Gasteiger partial charge on any atom is -0.497 e. The van der Waals surface area contributed by atoms with Gasteiger partial charge in [0.1, 0.15) is 5.75 Å². The van der Waals surface area contributed by atoms with Gasteiger partial charge in [-0.1, -0.05) is 0 Å². The summed E-state index contributed by atoms with van der Waals surface area (Å²) in [5.74, 6) is 0.876. The molecule has 110 valence electrons. The third-order valence-corrected chi connectivity index (χ3v) is 3.26. The smallest absolute Gasteiger partial charge is 0.229 e. The summed E-state index contributed by atoms with van der Waals surface area (Å²) in [5, 5.41) is 0. The molecule has 0 unspecified atom stereocenters. The molecule has 1 aliphatic heterocycles. The van der Waals surface area contributed by atoms with E-state index in [4.69, 9.17) is 14.2 Å². The van der Waals surface area contributed by atoms with E-state index >= 15 is 0 Å². The molecular formula is C15H21NO4. The van der Waals surface area contributed by atoms with Gasteiger partial charge in [0.05, 0.1) is 39.4 Å². The number of carbonyl (C=O) groups is 1. The van der Waals surface area contributed by atoms with Crippen molar-refractivity contribution < 1.29 is 19.0 Å². The fourth-order valence-corrected chi connectivity index (χ4v) is 2.22. The molecule has 0 radical (unpaired) electrons. The van der Waals surface area contributed by atoms with Crippen LogP contribution in [0.2, 0.25) is 0 Å². The average Bonchev–Trinajstić information content (AvgIpc) is 2.85. The van der Waals surface area contributed by atoms with E-state index in [0.29, 0.717) is 32.8 Å². The number of carbonyl (C=O) groups excluding carboxylic acids is 1. The predicted octanol–water partition coefficient (Wildman–Crippen LogP) is 1.85. The van der Waals surface area contributed by atoms with E-state index < -0.39 is 0 Å². The zero-order chi connectivity index (χ0) is 14.4. The Kier molecular flexibility index (Phi) is 5.38. The summed E-state index contributed by atoms with van der Waals surface area (Å²) in [6, 6.07) is 7.48. The van der Waals surface area contributed by atoms with Gasteiger partial charge in [0.2, 0.25) is 5.91 Å². The molecule has 0 spiro atoms. The first-order chi connectivity index (χ1) is 9.74. The molecule has 1 amide bonds. The van der Waals surface area contributed by atoms with Crippen molar-refractivity contribution in [3.63, 3.8) is 0 Å². The summed E-state index contributed by atoms with van der Waals surface area (Å²) in [6.45, 7) is 4.33. The van der Waals surface area contributed by atoms with E-state index in [-0.39, 0.29) is 12.0 Å². The van der Waals surface area contributed by atoms with E-state index in [2.05, 4.69) is 0 Å². The Morgan fingerprint density at radius 3 is 2.65 bits per heavy atom. The van der Waals surface area contributed by atoms with Crippen molar-refractivity contribution in [2.24, 2.45) is 0 Å². The van der Waals surface area contributed by atoms with Crippen LogP contribution in [0.1, 0.15) is 13.3 Å². The normalized spacial score (nSPS) is 18.6. The van der Waals surface area contributed by atoms with Crippen molar-refractivity contribution in [1.82, 2.24) is 0 Å². The molecule has 1 heterocycles. The minimum atomic E-state index is -0.0509. The number of benzene rings is 1. The molecule has 1 saturated heterocycles. The van der Waals surface area contributed by atoms with E-state index in [1.54, 1.807) is 12.0 Å². The Balaban J connectivity index is 1.88. The van der Waals surface area contributed by atoms with Crippen molar-refractivity contribution in [2.45, 2.75) is 19.4 Å². The largest absolute Gasteiger partial charge is 0.497 e. The standard InChI is InChI=1S/C15H21NO4/c1-3-19-8-9-20-14-10-15(17)16(11-14)12-4-6-13(18-2)7-5-12/h4-7,14H,3,8-11H2,1-2H3/t14-/m0/s1. The van der Waals surface area contributed by atoms with Gasteiger partial charge in [-0.15, -0.1) is 0 Å². The summed E-state index contributed by atoms with van der Waals surface area (Å²) in [6.07, 6.45) is 0.378. The van der Waals surface area contributed by atoms with Crippen molar-refractivity contribution in [3.05, 3.63) is 24.3 Å². The zero-order valence-electron chi connectivity index (χ0n) is 12.0. The summed E-state index contributed by atoms with van der Waals surface area (Å²) >= 11 is 0. The molecule has 2 rings (SSSR count). The van der Waals surface area contributed by atoms with Gasteiger partial charge in [0.15, 0.2) is 0 Å². The van der Waals surface area contributed by atoms with Crippen LogP contribution in [0.4, 0.5) is 5.69 Å². The van der Waals surface area contributed by atoms with Crippen LogP contribution in [-0.2, 0) is 14.3 Å². The van der Waals surface area contributed by atoms with Crippen LogP contribution in [0.5, 0.6) is 5.75 Å². The molecular weight excluding hydrogens is 258 g/mol. The molecule has 1 aromatic carbocycles. The highest BCUT2D eigenvalue weighted by molar-refractivity contribution is 5.96. The summed E-state index contributed by atoms with van der Waals surface area (Å²) in [7, 11) is 1.62. The Labute approximate surface area is 119 Å². The first kappa shape index (κ1) is 14.8. The Hall–Kier alpha value is -1.59. The first-order valence-electron chi connectivity index (χ1n) is 6.88. The second-order valence-electron chi connectivity index (χ2n) is 4.60. The van der Waals surface area contributed by atoms with Gasteiger partial charge in [-0.05, 0) is 31.2 Å². The van der Waals surface area contributed by atoms with Gasteiger partial charge in [-0.3, -0.25) is 4.79 Å². The fraction of sp³-hybridized carbons (Fsp3) is 0.533. The van der Waals surface area contributed by atoms with Crippen LogP contribution in [-0.4, -0.2) is 45.5 Å². The van der Waals surface area contributed by atoms with Crippen LogP contribution in [0.15, 0.2) is 24.3 Å². The molecule has 1 fully saturated rings. The molecule has 0 saturated carbocycles. The van der Waals surface area contributed by atoms with E-state index in [1.165, 1.54) is 0 Å². The van der Waals surface area contributed by atoms with Crippen molar-refractivity contribution in [3.8, 4) is 5.75 Å². The lowest BCUT2D eigenvalue weighted by Gasteiger charge is -2.17. The molecule has 1 aromatic rings. The molecule has 1 atom stereocenters. The molecule has 5 heteroatoms. The highest BCUT2D eigenvalue weighted by Gasteiger charge is 2.31. The molecule has 1 aliphatic rings. The highest BCUT2D eigenvalue weighted by Crippen LogP contribution is 2.25. The lowest BCUT2D eigenvalue weighted by atomic mass is 10.3. The number of hydrogen-bond donors (Lipinski definition) is 0. The van der Waals surface area contributed by atoms with Crippen LogP contribution < -0.4 is 9.64 Å². The van der Waals surface area contributed by atoms with Gasteiger partial charge in [-0.2, -0.15) is 0 Å². The maximum Gasteiger partial charge on any atom is 0.229 e. The van der Waals surface area contributed by atoms with Gasteiger partial charge >= 0.3 is 0 Å². The highest BCUT2D eigenvalue weighted by atomic mass is 16.5. The maximum absolute atomic E-state index is 12.0. The van der Waals surface area contributed by atoms with Crippen LogP contribution in [0, 0.1) is 0 Å². The summed E-state index contributed by atoms with van der Waals surface area (Å²) in [5.41, 5.74) is 0.881. The molecule has 0 bridgehead atoms. The van der Waals surface area contributed by atoms with E-state index in [0.717, 1.165) is 11.4 Å². The van der Waals surface area contributed by atoms with Crippen molar-refractivity contribution >= 4 is 11.6 Å². The topological polar surface area (TPSA) is 48.0 Å². The average molecular weight is 279 g/mol. The lowest BCUT2D eigenvalue weighted by Crippen LogP contribution is -2.26. The molecule has 20 heavy (non-hydrogen) atoms. The maximum atomic E-state index is 12.0. The van der Waals surface area contributed by atoms with Crippen molar-refractivity contribution in [2.75, 3.05) is 38.4 Å². The zero-order valence-corrected chi connectivity index (χ0v) is 12.0. The SMILES string of the molecule is CCOCCO[C@H]1CC(=O)N(c2ccc(OC)cc2)C1. The number of anilines is 1. The second-order valence-corrected chi connectivity index (χ2v) is 4.60. The number of nitrogens with zero attached hydrogens (tertiary/aromatic N) is 1.